The molecule has 0 saturated carbocycles. The monoisotopic (exact) mass is 2100 g/mol. The second-order valence-corrected chi connectivity index (χ2v) is 62.5. The lowest BCUT2D eigenvalue weighted by Gasteiger charge is -2.29. The summed E-state index contributed by atoms with van der Waals surface area (Å²) in [6, 6.07) is 12.2. The normalized spacial score (nSPS) is 27.0. The minimum atomic E-state index is -4.18. The van der Waals surface area contributed by atoms with Crippen LogP contribution in [0, 0.1) is 24.7 Å². The van der Waals surface area contributed by atoms with Crippen molar-refractivity contribution in [2.75, 3.05) is 105 Å². The number of aliphatic carboxylic acids is 4. The maximum atomic E-state index is 12.6. The van der Waals surface area contributed by atoms with Gasteiger partial charge in [0.1, 0.15) is 45.3 Å². The first kappa shape index (κ1) is 114. The standard InChI is InChI=1S/C18H20O7S4.C9H16OS2.C7H10O3S2.C6H8O3S2.C5H8O2S2.C5H10O2S2.C4H8O2S2.C4H6O2S2.C4H8O2S2.C4H8OS2.C3H6S2/c1-13-3-7-15(8-4-13)28(20,21)24-17-11-26-27(19)12-18(17)25-29(22,23)16-9-5-14(2)6-10-16;1-8(10)4-2-3-5-9-6-7-11-12-9;1-4(8)5-2-3-6(7(9)10)12-11-5;1-3(7)4-2-5(6(8)9)11-10-4;1-5(4(6)7)2-8-9-3-5;6-1-5(2-7)3-8-9-4-5;5-3-1-7-8-2-4(3)6;5-4(6)3-1-2-7-8-3;5-8(6)4-2-1-3-7-8;5-7-4-2-1-3-6-7;1-2-4-5-3-1/h3-10,17-18H,11-12H2,1-2H3;9H,2-7H2,1H3;5-6H,2-3H2,1H3,(H,9,10);4-5H,2H2,1H3,(H,8,9);2-3H2,1H3,(H,6,7);6-7H,1-4H2;3-6H,1-2H2;3H,1-2H2,(H,5,6);1-4H2;1-4H2;1-3H2. The van der Waals surface area contributed by atoms with Gasteiger partial charge in [-0.05, 0) is 154 Å². The summed E-state index contributed by atoms with van der Waals surface area (Å²) in [6.45, 7) is 10.4. The number of ketones is 3. The Morgan fingerprint density at radius 3 is 1.32 bits per heavy atom. The highest BCUT2D eigenvalue weighted by molar-refractivity contribution is 8.79. The van der Waals surface area contributed by atoms with Gasteiger partial charge < -0.3 is 45.6 Å². The van der Waals surface area contributed by atoms with Gasteiger partial charge in [-0.25, -0.2) is 16.8 Å². The lowest BCUT2D eigenvalue weighted by Crippen LogP contribution is -2.43. The summed E-state index contributed by atoms with van der Waals surface area (Å²) >= 11 is 0. The van der Waals surface area contributed by atoms with E-state index in [1.165, 1.54) is 141 Å². The predicted octanol–water partition coefficient (Wildman–Crippen LogP) is 15.6. The van der Waals surface area contributed by atoms with Crippen molar-refractivity contribution >= 4 is 295 Å². The number of carbonyl (C=O) groups excluding carboxylic acids is 3. The number of hydrogen-bond acceptors (Lipinski definition) is 40. The molecule has 2 aromatic rings. The maximum Gasteiger partial charge on any atom is 0.317 e. The summed E-state index contributed by atoms with van der Waals surface area (Å²) in [4.78, 5) is 73.8. The number of aryl methyl sites for hydroxylation is 2. The molecular weight excluding hydrogens is 2000 g/mol. The number of carboxylic acids is 4. The van der Waals surface area contributed by atoms with E-state index in [-0.39, 0.29) is 72.5 Å². The van der Waals surface area contributed by atoms with Gasteiger partial charge >= 0.3 is 23.9 Å². The van der Waals surface area contributed by atoms with Gasteiger partial charge in [-0.15, -0.1) is 0 Å². The molecule has 0 bridgehead atoms. The molecule has 12 atom stereocenters. The van der Waals surface area contributed by atoms with Crippen LogP contribution in [0.2, 0.25) is 0 Å². The van der Waals surface area contributed by atoms with Gasteiger partial charge in [0.2, 0.25) is 8.87 Å². The molecule has 12 unspecified atom stereocenters. The third-order valence-electron chi connectivity index (χ3n) is 16.7. The smallest absolute Gasteiger partial charge is 0.317 e. The lowest BCUT2D eigenvalue weighted by molar-refractivity contribution is -0.145. The number of aliphatic hydroxyl groups excluding tert-OH is 4. The summed E-state index contributed by atoms with van der Waals surface area (Å²) in [5.74, 6) is 10.3. The molecule has 0 radical (unpaired) electrons. The van der Waals surface area contributed by atoms with Crippen molar-refractivity contribution < 1.29 is 116 Å². The van der Waals surface area contributed by atoms with E-state index in [0.29, 0.717) is 42.3 Å². The second kappa shape index (κ2) is 63.0. The van der Waals surface area contributed by atoms with E-state index < -0.39 is 108 Å². The Morgan fingerprint density at radius 2 is 0.983 bits per heavy atom. The molecule has 678 valence electrons. The molecule has 25 nitrogen and oxygen atoms in total. The summed E-state index contributed by atoms with van der Waals surface area (Å²) < 4.78 is 105. The SMILES string of the molecule is C1CSSC1.CC(=O)C1CC(C(=O)O)SS1.CC(=O)C1CCC(C(=O)O)SS1.CC(=O)CCCCC1CCSS1.CC1(C(=O)O)CSSC1.Cc1ccc(S(=O)(=O)OC2CSS(=O)CC2OS(=O)(=O)c2ccc(C)cc2)cc1.O=C(O)C1CCSS1.O=S1(=O)CCCCS1.O=S1CCCCS1.OC1CSSCC1O.OCC1(CO)CSSC1. The molecule has 118 heavy (non-hydrogen) atoms. The van der Waals surface area contributed by atoms with Crippen molar-refractivity contribution in [1.29, 1.82) is 0 Å². The third-order valence-corrected chi connectivity index (χ3v) is 52.2. The number of carbonyl (C=O) groups is 7. The molecule has 0 aliphatic carbocycles. The van der Waals surface area contributed by atoms with E-state index in [4.69, 9.17) is 49.2 Å². The van der Waals surface area contributed by atoms with Gasteiger partial charge in [-0.3, -0.25) is 37.1 Å². The van der Waals surface area contributed by atoms with Gasteiger partial charge in [-0.2, -0.15) is 16.8 Å². The quantitative estimate of drug-likeness (QED) is 0.0368. The molecule has 2 aromatic carbocycles. The molecule has 11 aliphatic rings. The van der Waals surface area contributed by atoms with Gasteiger partial charge in [0.15, 0.2) is 0 Å². The average molecular weight is 2110 g/mol. The summed E-state index contributed by atoms with van der Waals surface area (Å²) in [5.41, 5.74) is 1.12. The number of unbranched alkanes of at least 4 members (excludes halogenated alkanes) is 1. The van der Waals surface area contributed by atoms with Crippen LogP contribution < -0.4 is 0 Å². The van der Waals surface area contributed by atoms with Crippen LogP contribution in [0.4, 0.5) is 0 Å². The summed E-state index contributed by atoms with van der Waals surface area (Å²) in [5, 5.41) is 69.6. The van der Waals surface area contributed by atoms with E-state index in [9.17, 15) is 67.2 Å². The van der Waals surface area contributed by atoms with Crippen molar-refractivity contribution in [1.82, 2.24) is 0 Å². The highest BCUT2D eigenvalue weighted by Crippen LogP contribution is 2.46. The van der Waals surface area contributed by atoms with E-state index >= 15 is 0 Å². The zero-order valence-electron chi connectivity index (χ0n) is 65.8. The van der Waals surface area contributed by atoms with E-state index in [1.807, 2.05) is 57.0 Å². The molecule has 8 N–H and O–H groups in total. The fraction of sp³-hybridized carbons (Fsp3) is 0.725. The van der Waals surface area contributed by atoms with Crippen LogP contribution in [0.3, 0.4) is 0 Å². The number of benzene rings is 2. The maximum absolute atomic E-state index is 12.6. The Balaban J connectivity index is 0.000000350. The van der Waals surface area contributed by atoms with Gasteiger partial charge in [0.05, 0.1) is 82.3 Å². The molecule has 13 rings (SSSR count). The lowest BCUT2D eigenvalue weighted by atomic mass is 9.96. The Labute approximate surface area is 775 Å². The average Bonchev–Trinajstić information content (AvgIpc) is 1.19. The van der Waals surface area contributed by atoms with Crippen LogP contribution in [0.1, 0.15) is 129 Å². The molecule has 11 fully saturated rings. The molecule has 0 spiro atoms. The van der Waals surface area contributed by atoms with E-state index in [0.717, 1.165) is 116 Å². The molecule has 0 aromatic heterocycles. The summed E-state index contributed by atoms with van der Waals surface area (Å²) in [7, 11) is 17.2. The minimum Gasteiger partial charge on any atom is -0.481 e. The highest BCUT2D eigenvalue weighted by Gasteiger charge is 2.41. The first-order valence-electron chi connectivity index (χ1n) is 36.9. The topological polar surface area (TPSA) is 436 Å². The first-order valence-corrected chi connectivity index (χ1v) is 67.7. The zero-order chi connectivity index (χ0) is 87.9. The Morgan fingerprint density at radius 1 is 0.500 bits per heavy atom. The van der Waals surface area contributed by atoms with Crippen LogP contribution in [0.25, 0.3) is 0 Å². The Bertz CT molecular complexity index is 3610. The number of Topliss-reactive ketones (excluding diaryl/α,β-unsaturated/α-hetero) is 3. The molecule has 0 amide bonds. The summed E-state index contributed by atoms with van der Waals surface area (Å²) in [6.07, 6.45) is 10.9. The fourth-order valence-corrected chi connectivity index (χ4v) is 43.2. The third kappa shape index (κ3) is 49.2. The van der Waals surface area contributed by atoms with Gasteiger partial charge in [-0.1, -0.05) is 236 Å². The fourth-order valence-electron chi connectivity index (χ4n) is 9.15. The zero-order valence-corrected chi connectivity index (χ0v) is 85.4. The number of hydrogen-bond donors (Lipinski definition) is 8. The van der Waals surface area contributed by atoms with Crippen LogP contribution in [-0.4, -0.2) is 277 Å². The second-order valence-electron chi connectivity index (χ2n) is 27.2. The minimum absolute atomic E-state index is 0.00519. The largest absolute Gasteiger partial charge is 0.481 e. The van der Waals surface area contributed by atoms with Crippen LogP contribution in [0.15, 0.2) is 58.3 Å². The number of carboxylic acid groups (broad SMARTS) is 4. The Hall–Kier alpha value is 1.89. The number of aliphatic hydroxyl groups is 4. The van der Waals surface area contributed by atoms with Crippen molar-refractivity contribution in [3.63, 3.8) is 0 Å². The highest BCUT2D eigenvalue weighted by atomic mass is 33.1. The van der Waals surface area contributed by atoms with Crippen LogP contribution >= 0.6 is 205 Å². The van der Waals surface area contributed by atoms with Crippen molar-refractivity contribution in [2.24, 2.45) is 10.8 Å². The van der Waals surface area contributed by atoms with Crippen molar-refractivity contribution in [3.8, 4) is 0 Å². The first-order chi connectivity index (χ1) is 55.8. The molecule has 11 heterocycles. The van der Waals surface area contributed by atoms with Crippen molar-refractivity contribution in [2.45, 2.75) is 197 Å². The van der Waals surface area contributed by atoms with Crippen LogP contribution in [-0.2, 0) is 90.7 Å². The van der Waals surface area contributed by atoms with E-state index in [2.05, 4.69) is 0 Å². The molecular formula is C69H108O25S24. The molecule has 11 saturated heterocycles. The van der Waals surface area contributed by atoms with Gasteiger partial charge in [0, 0.05) is 97.6 Å². The van der Waals surface area contributed by atoms with Crippen molar-refractivity contribution in [3.05, 3.63) is 59.7 Å². The molecule has 11 aliphatic heterocycles. The molecule has 49 heteroatoms. The predicted molar refractivity (Wildman–Crippen MR) is 520 cm³/mol. The number of rotatable bonds is 19. The van der Waals surface area contributed by atoms with Crippen LogP contribution in [0.5, 0.6) is 0 Å². The van der Waals surface area contributed by atoms with Gasteiger partial charge in [0.25, 0.3) is 20.2 Å². The van der Waals surface area contributed by atoms with E-state index in [1.54, 1.807) is 131 Å². The Kier molecular flexibility index (Phi) is 60.9.